The van der Waals surface area contributed by atoms with Crippen LogP contribution in [0, 0.1) is 0 Å². The van der Waals surface area contributed by atoms with Gasteiger partial charge in [-0.15, -0.1) is 0 Å². The Labute approximate surface area is 204 Å². The number of pyridine rings is 1. The quantitative estimate of drug-likeness (QED) is 0.232. The van der Waals surface area contributed by atoms with Crippen molar-refractivity contribution < 1.29 is 50.0 Å². The van der Waals surface area contributed by atoms with Crippen molar-refractivity contribution in [2.75, 3.05) is 12.3 Å². The highest BCUT2D eigenvalue weighted by molar-refractivity contribution is 5.99. The zero-order valence-electron chi connectivity index (χ0n) is 19.1. The summed E-state index contributed by atoms with van der Waals surface area (Å²) in [6, 6.07) is 6.45. The molecule has 9 N–H and O–H groups in total. The van der Waals surface area contributed by atoms with E-state index >= 15 is 0 Å². The van der Waals surface area contributed by atoms with E-state index in [2.05, 4.69) is 4.98 Å². The van der Waals surface area contributed by atoms with Crippen molar-refractivity contribution in [1.29, 1.82) is 0 Å². The van der Waals surface area contributed by atoms with Gasteiger partial charge >= 0.3 is 5.97 Å². The number of phenolic OH excluding ortho intramolecular Hbond substituents is 4. The van der Waals surface area contributed by atoms with Gasteiger partial charge < -0.3 is 51.0 Å². The molecule has 1 fully saturated rings. The number of esters is 1. The van der Waals surface area contributed by atoms with Crippen LogP contribution < -0.4 is 5.73 Å². The van der Waals surface area contributed by atoms with E-state index in [0.717, 1.165) is 13.0 Å². The number of benzene rings is 2. The predicted molar refractivity (Wildman–Crippen MR) is 125 cm³/mol. The van der Waals surface area contributed by atoms with Crippen LogP contribution >= 0.6 is 0 Å². The van der Waals surface area contributed by atoms with Crippen LogP contribution in [0.3, 0.4) is 0 Å². The Morgan fingerprint density at radius 2 is 1.78 bits per heavy atom. The minimum absolute atomic E-state index is 0.0438. The number of aromatic nitrogens is 1. The van der Waals surface area contributed by atoms with E-state index < -0.39 is 54.6 Å². The first-order chi connectivity index (χ1) is 17.0. The fraction of sp³-hybridized carbons (Fsp3) is 0.333. The number of nitrogen functional groups attached to an aromatic ring is 1. The van der Waals surface area contributed by atoms with E-state index in [1.165, 1.54) is 24.3 Å². The number of hydrogen-bond acceptors (Lipinski definition) is 12. The maximum Gasteiger partial charge on any atom is 0.303 e. The zero-order valence-corrected chi connectivity index (χ0v) is 19.1. The van der Waals surface area contributed by atoms with E-state index in [1.54, 1.807) is 0 Å². The molecule has 5 atom stereocenters. The van der Waals surface area contributed by atoms with E-state index in [-0.39, 0.29) is 45.8 Å². The van der Waals surface area contributed by atoms with Crippen molar-refractivity contribution in [2.24, 2.45) is 0 Å². The van der Waals surface area contributed by atoms with Crippen LogP contribution in [0.4, 0.5) is 5.69 Å². The first-order valence-electron chi connectivity index (χ1n) is 11.0. The molecule has 1 aromatic heterocycles. The number of rotatable bonds is 4. The normalized spacial score (nSPS) is 24.4. The number of carbonyl (C=O) groups is 1. The minimum atomic E-state index is -1.60. The Balaban J connectivity index is 1.80. The molecule has 0 aliphatic carbocycles. The molecule has 192 valence electrons. The monoisotopic (exact) mass is 502 g/mol. The third-order valence-electron chi connectivity index (χ3n) is 6.01. The van der Waals surface area contributed by atoms with Crippen molar-refractivity contribution in [2.45, 2.75) is 43.9 Å². The molecule has 0 amide bonds. The van der Waals surface area contributed by atoms with Crippen LogP contribution in [-0.4, -0.2) is 77.7 Å². The molecule has 12 nitrogen and oxygen atoms in total. The van der Waals surface area contributed by atoms with Gasteiger partial charge in [-0.2, -0.15) is 0 Å². The second kappa shape index (κ2) is 9.66. The highest BCUT2D eigenvalue weighted by Gasteiger charge is 2.43. The first-order valence-corrected chi connectivity index (χ1v) is 11.0. The molecule has 2 heterocycles. The molecule has 1 aliphatic heterocycles. The number of aliphatic hydroxyl groups is 3. The highest BCUT2D eigenvalue weighted by Crippen LogP contribution is 2.46. The SMILES string of the molecule is CC(=O)O[C@H]1[C@H](O)[C@H](O)C[C@@H](c2c(O)cc3nc(-c4cc(O)cc(O)c4)cc(N)c3c2O)O[C@@H]1CO. The van der Waals surface area contributed by atoms with Gasteiger partial charge in [0, 0.05) is 36.7 Å². The molecule has 0 radical (unpaired) electrons. The number of carbonyl (C=O) groups excluding carboxylic acids is 1. The summed E-state index contributed by atoms with van der Waals surface area (Å²) >= 11 is 0. The van der Waals surface area contributed by atoms with Crippen LogP contribution in [0.25, 0.3) is 22.2 Å². The van der Waals surface area contributed by atoms with Crippen molar-refractivity contribution in [3.05, 3.63) is 35.9 Å². The molecular formula is C24H26N2O10. The smallest absolute Gasteiger partial charge is 0.303 e. The molecule has 0 bridgehead atoms. The maximum absolute atomic E-state index is 11.5. The lowest BCUT2D eigenvalue weighted by atomic mass is 9.95. The fourth-order valence-corrected chi connectivity index (χ4v) is 4.43. The van der Waals surface area contributed by atoms with Gasteiger partial charge in [0.05, 0.1) is 41.0 Å². The van der Waals surface area contributed by atoms with Gasteiger partial charge in [0.25, 0.3) is 0 Å². The van der Waals surface area contributed by atoms with E-state index in [4.69, 9.17) is 15.2 Å². The zero-order chi connectivity index (χ0) is 26.3. The third-order valence-corrected chi connectivity index (χ3v) is 6.01. The highest BCUT2D eigenvalue weighted by atomic mass is 16.6. The molecule has 4 rings (SSSR count). The standard InChI is InChI=1S/C24H26N2O10/c1-9(28)35-24-19(8-27)36-18(7-17(32)22(24)33)21-16(31)6-15-20(23(21)34)13(25)5-14(26-15)10-2-11(29)4-12(30)3-10/h2-6,17-19,22,24,27,29-34H,7-8H2,1H3,(H2,25,26)/t17-,18+,19-,22-,24-/m1/s1. The summed E-state index contributed by atoms with van der Waals surface area (Å²) in [5.74, 6) is -2.16. The Morgan fingerprint density at radius 1 is 1.11 bits per heavy atom. The lowest BCUT2D eigenvalue weighted by Gasteiger charge is -2.28. The number of ether oxygens (including phenoxy) is 2. The van der Waals surface area contributed by atoms with Gasteiger partial charge in [-0.1, -0.05) is 0 Å². The van der Waals surface area contributed by atoms with Gasteiger partial charge in [0.15, 0.2) is 6.10 Å². The van der Waals surface area contributed by atoms with Crippen LogP contribution in [0.2, 0.25) is 0 Å². The molecule has 0 unspecified atom stereocenters. The molecule has 3 aromatic rings. The Morgan fingerprint density at radius 3 is 2.39 bits per heavy atom. The predicted octanol–water partition coefficient (Wildman–Crippen LogP) is 0.782. The lowest BCUT2D eigenvalue weighted by molar-refractivity contribution is -0.173. The number of fused-ring (bicyclic) bond motifs is 1. The topological polar surface area (TPSA) is 216 Å². The Bertz CT molecular complexity index is 1290. The average molecular weight is 502 g/mol. The largest absolute Gasteiger partial charge is 0.508 e. The van der Waals surface area contributed by atoms with Crippen LogP contribution in [0.5, 0.6) is 23.0 Å². The van der Waals surface area contributed by atoms with E-state index in [0.29, 0.717) is 5.56 Å². The summed E-state index contributed by atoms with van der Waals surface area (Å²) < 4.78 is 10.8. The summed E-state index contributed by atoms with van der Waals surface area (Å²) in [4.78, 5) is 15.8. The van der Waals surface area contributed by atoms with Crippen molar-refractivity contribution >= 4 is 22.6 Å². The lowest BCUT2D eigenvalue weighted by Crippen LogP contribution is -2.46. The molecule has 2 aromatic carbocycles. The summed E-state index contributed by atoms with van der Waals surface area (Å²) in [5.41, 5.74) is 6.72. The summed E-state index contributed by atoms with van der Waals surface area (Å²) in [6.45, 7) is 0.399. The number of phenols is 4. The van der Waals surface area contributed by atoms with Crippen LogP contribution in [0.15, 0.2) is 30.3 Å². The van der Waals surface area contributed by atoms with Crippen molar-refractivity contribution in [3.63, 3.8) is 0 Å². The average Bonchev–Trinajstić information content (AvgIpc) is 2.89. The van der Waals surface area contributed by atoms with Gasteiger partial charge in [-0.3, -0.25) is 4.79 Å². The Kier molecular flexibility index (Phi) is 6.78. The number of hydrogen-bond donors (Lipinski definition) is 8. The third kappa shape index (κ3) is 4.66. The number of aliphatic hydroxyl groups excluding tert-OH is 3. The molecule has 1 saturated heterocycles. The van der Waals surface area contributed by atoms with Gasteiger partial charge in [-0.05, 0) is 18.2 Å². The van der Waals surface area contributed by atoms with Crippen molar-refractivity contribution in [3.8, 4) is 34.3 Å². The molecule has 0 saturated carbocycles. The number of aromatic hydroxyl groups is 4. The van der Waals surface area contributed by atoms with Gasteiger partial charge in [0.1, 0.15) is 35.2 Å². The summed E-state index contributed by atoms with van der Waals surface area (Å²) in [7, 11) is 0. The minimum Gasteiger partial charge on any atom is -0.508 e. The molecule has 0 spiro atoms. The molecule has 1 aliphatic rings. The second-order valence-corrected chi connectivity index (χ2v) is 8.60. The van der Waals surface area contributed by atoms with Crippen LogP contribution in [-0.2, 0) is 14.3 Å². The number of nitrogens with zero attached hydrogens (tertiary/aromatic N) is 1. The first kappa shape index (κ1) is 25.3. The fourth-order valence-electron chi connectivity index (χ4n) is 4.43. The number of nitrogens with two attached hydrogens (primary N) is 1. The molecular weight excluding hydrogens is 476 g/mol. The van der Waals surface area contributed by atoms with Crippen molar-refractivity contribution in [1.82, 2.24) is 4.98 Å². The summed E-state index contributed by atoms with van der Waals surface area (Å²) in [5, 5.41) is 72.3. The second-order valence-electron chi connectivity index (χ2n) is 8.60. The molecule has 12 heteroatoms. The van der Waals surface area contributed by atoms with Gasteiger partial charge in [0.2, 0.25) is 0 Å². The van der Waals surface area contributed by atoms with Gasteiger partial charge in [-0.25, -0.2) is 4.98 Å². The van der Waals surface area contributed by atoms with E-state index in [9.17, 15) is 40.5 Å². The summed E-state index contributed by atoms with van der Waals surface area (Å²) in [6.07, 6.45) is -7.34. The number of anilines is 1. The van der Waals surface area contributed by atoms with Crippen LogP contribution in [0.1, 0.15) is 25.0 Å². The maximum atomic E-state index is 11.5. The molecule has 36 heavy (non-hydrogen) atoms. The Hall–Kier alpha value is -3.84. The van der Waals surface area contributed by atoms with E-state index in [1.807, 2.05) is 0 Å².